The molecule has 0 unspecified atom stereocenters. The van der Waals surface area contributed by atoms with Crippen molar-refractivity contribution in [3.05, 3.63) is 54.4 Å². The fourth-order valence-electron chi connectivity index (χ4n) is 4.03. The quantitative estimate of drug-likeness (QED) is 0.274. The molecule has 0 bridgehead atoms. The van der Waals surface area contributed by atoms with Crippen LogP contribution in [0.3, 0.4) is 0 Å². The lowest BCUT2D eigenvalue weighted by atomic mass is 10.2. The van der Waals surface area contributed by atoms with E-state index in [0.29, 0.717) is 40.3 Å². The fourth-order valence-corrected chi connectivity index (χ4v) is 5.47. The van der Waals surface area contributed by atoms with Crippen LogP contribution in [0, 0.1) is 0 Å². The van der Waals surface area contributed by atoms with Gasteiger partial charge in [0.1, 0.15) is 34.7 Å². The third-order valence-corrected chi connectivity index (χ3v) is 8.06. The zero-order valence-corrected chi connectivity index (χ0v) is 22.7. The molecule has 0 aliphatic carbocycles. The Labute approximate surface area is 220 Å². The van der Waals surface area contributed by atoms with Crippen molar-refractivity contribution in [2.75, 3.05) is 28.4 Å². The van der Waals surface area contributed by atoms with E-state index in [-0.39, 0.29) is 5.82 Å². The first-order valence-corrected chi connectivity index (χ1v) is 13.2. The summed E-state index contributed by atoms with van der Waals surface area (Å²) in [5.74, 6) is 1.21. The maximum Gasteiger partial charge on any atom is 0.231 e. The number of methoxy groups -OCH3 is 4. The largest absolute Gasteiger partial charge is 0.494 e. The molecule has 13 nitrogen and oxygen atoms in total. The second-order valence-electron chi connectivity index (χ2n) is 8.31. The van der Waals surface area contributed by atoms with Crippen LogP contribution < -0.4 is 14.2 Å². The van der Waals surface area contributed by atoms with E-state index in [0.717, 1.165) is 0 Å². The molecule has 38 heavy (non-hydrogen) atoms. The highest BCUT2D eigenvalue weighted by Crippen LogP contribution is 2.37. The predicted molar refractivity (Wildman–Crippen MR) is 137 cm³/mol. The van der Waals surface area contributed by atoms with Gasteiger partial charge in [-0.05, 0) is 25.1 Å². The van der Waals surface area contributed by atoms with Crippen molar-refractivity contribution < 1.29 is 27.4 Å². The molecule has 0 radical (unpaired) electrons. The van der Waals surface area contributed by atoms with Crippen LogP contribution in [-0.2, 0) is 27.4 Å². The van der Waals surface area contributed by atoms with Crippen molar-refractivity contribution >= 4 is 9.84 Å². The number of nitrogens with zero attached hydrogens (tertiary/aromatic N) is 7. The maximum absolute atomic E-state index is 13.7. The molecule has 0 fully saturated rings. The topological polar surface area (TPSA) is 145 Å². The number of rotatable bonds is 11. The van der Waals surface area contributed by atoms with Gasteiger partial charge in [0.05, 0.1) is 44.7 Å². The highest BCUT2D eigenvalue weighted by atomic mass is 32.2. The van der Waals surface area contributed by atoms with Crippen molar-refractivity contribution in [2.45, 2.75) is 24.0 Å². The number of sulfone groups is 1. The Bertz CT molecular complexity index is 1480. The first-order valence-electron chi connectivity index (χ1n) is 11.5. The Morgan fingerprint density at radius 1 is 0.947 bits per heavy atom. The number of aromatic nitrogens is 7. The van der Waals surface area contributed by atoms with Gasteiger partial charge in [0.25, 0.3) is 0 Å². The van der Waals surface area contributed by atoms with Crippen LogP contribution in [0.4, 0.5) is 0 Å². The Morgan fingerprint density at radius 2 is 1.66 bits per heavy atom. The summed E-state index contributed by atoms with van der Waals surface area (Å²) < 4.78 is 52.4. The lowest BCUT2D eigenvalue weighted by Gasteiger charge is -2.22. The van der Waals surface area contributed by atoms with E-state index in [1.54, 1.807) is 53.7 Å². The van der Waals surface area contributed by atoms with E-state index >= 15 is 0 Å². The lowest BCUT2D eigenvalue weighted by molar-refractivity contribution is 0.0982. The summed E-state index contributed by atoms with van der Waals surface area (Å²) in [5.41, 5.74) is 1.30. The monoisotopic (exact) mass is 543 g/mol. The zero-order valence-electron chi connectivity index (χ0n) is 21.9. The van der Waals surface area contributed by atoms with Crippen LogP contribution in [0.25, 0.3) is 17.2 Å². The third-order valence-electron chi connectivity index (χ3n) is 6.02. The van der Waals surface area contributed by atoms with Gasteiger partial charge < -0.3 is 18.9 Å². The Kier molecular flexibility index (Phi) is 7.92. The number of para-hydroxylation sites is 1. The molecule has 0 saturated carbocycles. The molecular formula is C24H29N7O6S. The van der Waals surface area contributed by atoms with Crippen LogP contribution >= 0.6 is 0 Å². The standard InChI is InChI=1S/C24H29N7O6S/c1-15(23(37-6)17-12-26-21(36-5)13-25-17)38(32,33)14-20-27-28-24(16-10-11-30(2)29-16)31(20)22-18(34-3)8-7-9-19(22)35-4/h7-13,15,23H,14H2,1-6H3/t15-,23-/m0/s1. The SMILES string of the molecule is COc1cnc([C@@H](OC)[C@H](C)S(=O)(=O)Cc2nnc(-c3ccn(C)n3)n2-c2c(OC)cccc2OC)cn1. The summed E-state index contributed by atoms with van der Waals surface area (Å²) in [7, 11) is 3.81. The molecule has 0 aliphatic rings. The molecule has 0 aliphatic heterocycles. The Balaban J connectivity index is 1.80. The normalized spacial score (nSPS) is 13.2. The lowest BCUT2D eigenvalue weighted by Crippen LogP contribution is -2.29. The van der Waals surface area contributed by atoms with Crippen LogP contribution in [0.1, 0.15) is 24.5 Å². The van der Waals surface area contributed by atoms with E-state index in [1.165, 1.54) is 40.8 Å². The van der Waals surface area contributed by atoms with Gasteiger partial charge in [0.15, 0.2) is 21.5 Å². The molecule has 3 aromatic heterocycles. The van der Waals surface area contributed by atoms with Gasteiger partial charge in [0.2, 0.25) is 5.88 Å². The van der Waals surface area contributed by atoms with Crippen molar-refractivity contribution in [1.29, 1.82) is 0 Å². The predicted octanol–water partition coefficient (Wildman–Crippen LogP) is 2.17. The summed E-state index contributed by atoms with van der Waals surface area (Å²) in [6.07, 6.45) is 3.71. The molecule has 2 atom stereocenters. The van der Waals surface area contributed by atoms with Crippen LogP contribution in [0.2, 0.25) is 0 Å². The highest BCUT2D eigenvalue weighted by Gasteiger charge is 2.35. The highest BCUT2D eigenvalue weighted by molar-refractivity contribution is 7.91. The zero-order chi connectivity index (χ0) is 27.4. The summed E-state index contributed by atoms with van der Waals surface area (Å²) in [5, 5.41) is 12.0. The van der Waals surface area contributed by atoms with E-state index < -0.39 is 26.9 Å². The van der Waals surface area contributed by atoms with Crippen molar-refractivity contribution in [3.8, 4) is 34.6 Å². The van der Waals surface area contributed by atoms with Crippen molar-refractivity contribution in [3.63, 3.8) is 0 Å². The second-order valence-corrected chi connectivity index (χ2v) is 10.7. The van der Waals surface area contributed by atoms with E-state index in [4.69, 9.17) is 18.9 Å². The molecule has 3 heterocycles. The minimum atomic E-state index is -3.88. The summed E-state index contributed by atoms with van der Waals surface area (Å²) in [6.45, 7) is 1.56. The van der Waals surface area contributed by atoms with E-state index in [2.05, 4.69) is 25.3 Å². The fraction of sp³-hybridized carbons (Fsp3) is 0.375. The van der Waals surface area contributed by atoms with Crippen LogP contribution in [0.15, 0.2) is 42.9 Å². The minimum Gasteiger partial charge on any atom is -0.494 e. The molecule has 4 aromatic rings. The van der Waals surface area contributed by atoms with Gasteiger partial charge in [0, 0.05) is 20.4 Å². The first-order chi connectivity index (χ1) is 18.2. The maximum atomic E-state index is 13.7. The molecule has 1 aromatic carbocycles. The summed E-state index contributed by atoms with van der Waals surface area (Å²) in [4.78, 5) is 8.39. The van der Waals surface area contributed by atoms with Crippen molar-refractivity contribution in [1.82, 2.24) is 34.5 Å². The van der Waals surface area contributed by atoms with Crippen LogP contribution in [-0.4, -0.2) is 76.6 Å². The Morgan fingerprint density at radius 3 is 2.18 bits per heavy atom. The molecule has 4 rings (SSSR count). The molecule has 0 spiro atoms. The molecule has 202 valence electrons. The average Bonchev–Trinajstić information content (AvgIpc) is 3.54. The number of aryl methyl sites for hydroxylation is 1. The molecule has 0 N–H and O–H groups in total. The first kappa shape index (κ1) is 27.0. The van der Waals surface area contributed by atoms with Gasteiger partial charge in [-0.25, -0.2) is 13.4 Å². The summed E-state index contributed by atoms with van der Waals surface area (Å²) in [6, 6.07) is 7.00. The minimum absolute atomic E-state index is 0.149. The molecular weight excluding hydrogens is 514 g/mol. The van der Waals surface area contributed by atoms with Crippen LogP contribution in [0.5, 0.6) is 17.4 Å². The average molecular weight is 544 g/mol. The number of hydrogen-bond acceptors (Lipinski definition) is 11. The molecule has 14 heteroatoms. The number of ether oxygens (including phenoxy) is 4. The smallest absolute Gasteiger partial charge is 0.231 e. The molecule has 0 saturated heterocycles. The van der Waals surface area contributed by atoms with Gasteiger partial charge >= 0.3 is 0 Å². The van der Waals surface area contributed by atoms with E-state index in [1.807, 2.05) is 0 Å². The van der Waals surface area contributed by atoms with Gasteiger partial charge in [-0.15, -0.1) is 10.2 Å². The second kappa shape index (κ2) is 11.1. The van der Waals surface area contributed by atoms with Gasteiger partial charge in [-0.2, -0.15) is 5.10 Å². The van der Waals surface area contributed by atoms with Gasteiger partial charge in [-0.3, -0.25) is 14.2 Å². The van der Waals surface area contributed by atoms with Gasteiger partial charge in [-0.1, -0.05) is 6.07 Å². The number of hydrogen-bond donors (Lipinski definition) is 0. The number of benzene rings is 1. The summed E-state index contributed by atoms with van der Waals surface area (Å²) >= 11 is 0. The third kappa shape index (κ3) is 5.17. The molecule has 0 amide bonds. The van der Waals surface area contributed by atoms with E-state index in [9.17, 15) is 8.42 Å². The van der Waals surface area contributed by atoms with Crippen molar-refractivity contribution in [2.24, 2.45) is 7.05 Å². The Hall–Kier alpha value is -4.04.